The number of carbonyl (C=O) groups excluding carboxylic acids is 1. The third kappa shape index (κ3) is 28.0. The van der Waals surface area contributed by atoms with E-state index in [4.69, 9.17) is 28.4 Å². The summed E-state index contributed by atoms with van der Waals surface area (Å²) in [5.74, 6) is -0.391. The molecule has 11 unspecified atom stereocenters. The first kappa shape index (κ1) is 60.6. The van der Waals surface area contributed by atoms with Gasteiger partial charge in [0, 0.05) is 13.0 Å². The molecule has 11 atom stereocenters. The van der Waals surface area contributed by atoms with Gasteiger partial charge in [-0.15, -0.1) is 0 Å². The van der Waals surface area contributed by atoms with E-state index in [1.165, 1.54) is 38.5 Å². The third-order valence-electron chi connectivity index (χ3n) is 11.7. The Hall–Kier alpha value is -2.57. The van der Waals surface area contributed by atoms with Crippen LogP contribution in [0.3, 0.4) is 0 Å². The highest BCUT2D eigenvalue weighted by Crippen LogP contribution is 2.26. The minimum absolute atomic E-state index is 0.0506. The Bertz CT molecular complexity index is 1380. The summed E-state index contributed by atoms with van der Waals surface area (Å²) < 4.78 is 34.1. The van der Waals surface area contributed by atoms with Crippen molar-refractivity contribution in [1.29, 1.82) is 0 Å². The highest BCUT2D eigenvalue weighted by atomic mass is 16.7. The van der Waals surface area contributed by atoms with E-state index in [1.807, 2.05) is 0 Å². The van der Waals surface area contributed by atoms with Crippen molar-refractivity contribution in [1.82, 2.24) is 0 Å². The standard InChI is InChI=1S/C53H90O14/c1-3-5-7-9-11-12-13-14-15-16-17-18-19-20-21-22-23-24-25-26-27-28-29-31-33-35-37-62-39-42(65-45(55)36-34-32-30-10-8-6-4-2)40-63-52-51(61)49(59)47(57)44(67-52)41-64-53-50(60)48(58)46(56)43(38-54)66-53/h5,7,11-12,14-15,17-18,20-21,23-24,42-44,46-54,56-61H,3-4,6,8-10,13,16,19,22,25-41H2,1-2H3/b7-5-,12-11-,15-14-,18-17-,21-20-,24-23-. The number of aliphatic hydroxyl groups is 7. The molecule has 2 fully saturated rings. The Kier molecular flexibility index (Phi) is 36.3. The van der Waals surface area contributed by atoms with Gasteiger partial charge < -0.3 is 64.2 Å². The molecule has 14 nitrogen and oxygen atoms in total. The molecule has 0 aliphatic carbocycles. The van der Waals surface area contributed by atoms with Crippen molar-refractivity contribution < 1.29 is 69.0 Å². The molecule has 2 aliphatic heterocycles. The van der Waals surface area contributed by atoms with Gasteiger partial charge in [-0.2, -0.15) is 0 Å². The van der Waals surface area contributed by atoms with Gasteiger partial charge in [0.1, 0.15) is 54.9 Å². The molecule has 0 radical (unpaired) electrons. The maximum absolute atomic E-state index is 12.9. The molecular formula is C53H90O14. The normalized spacial score (nSPS) is 26.7. The van der Waals surface area contributed by atoms with Crippen molar-refractivity contribution >= 4 is 5.97 Å². The fourth-order valence-corrected chi connectivity index (χ4v) is 7.58. The highest BCUT2D eigenvalue weighted by Gasteiger charge is 2.47. The molecule has 0 bridgehead atoms. The molecule has 7 N–H and O–H groups in total. The lowest BCUT2D eigenvalue weighted by atomic mass is 9.98. The van der Waals surface area contributed by atoms with E-state index < -0.39 is 86.7 Å². The van der Waals surface area contributed by atoms with Gasteiger partial charge in [-0.3, -0.25) is 4.79 Å². The summed E-state index contributed by atoms with van der Waals surface area (Å²) in [6.07, 6.45) is 32.9. The van der Waals surface area contributed by atoms with Crippen LogP contribution in [-0.2, 0) is 33.2 Å². The second kappa shape index (κ2) is 40.2. The molecule has 2 heterocycles. The fraction of sp³-hybridized carbons (Fsp3) is 0.755. The molecule has 2 saturated heterocycles. The number of ether oxygens (including phenoxy) is 6. The van der Waals surface area contributed by atoms with Crippen molar-refractivity contribution in [3.8, 4) is 0 Å². The van der Waals surface area contributed by atoms with Crippen molar-refractivity contribution in [2.75, 3.05) is 33.0 Å². The summed E-state index contributed by atoms with van der Waals surface area (Å²) in [4.78, 5) is 12.9. The van der Waals surface area contributed by atoms with Gasteiger partial charge in [-0.05, 0) is 64.2 Å². The Balaban J connectivity index is 1.67. The zero-order valence-corrected chi connectivity index (χ0v) is 40.9. The molecule has 2 rings (SSSR count). The van der Waals surface area contributed by atoms with Gasteiger partial charge in [-0.1, -0.05) is 157 Å². The minimum Gasteiger partial charge on any atom is -0.457 e. The summed E-state index contributed by atoms with van der Waals surface area (Å²) in [6, 6.07) is 0. The van der Waals surface area contributed by atoms with Crippen LogP contribution in [0.25, 0.3) is 0 Å². The van der Waals surface area contributed by atoms with Gasteiger partial charge in [0.05, 0.1) is 26.4 Å². The number of hydrogen-bond acceptors (Lipinski definition) is 14. The number of hydrogen-bond donors (Lipinski definition) is 7. The Morgan fingerprint density at radius 2 is 0.970 bits per heavy atom. The second-order valence-electron chi connectivity index (χ2n) is 17.6. The number of carbonyl (C=O) groups is 1. The number of unbranched alkanes of at least 4 members (excludes halogenated alkanes) is 13. The van der Waals surface area contributed by atoms with Crippen LogP contribution < -0.4 is 0 Å². The minimum atomic E-state index is -1.71. The van der Waals surface area contributed by atoms with Crippen LogP contribution in [0.2, 0.25) is 0 Å². The summed E-state index contributed by atoms with van der Waals surface area (Å²) in [6.45, 7) is 3.47. The van der Waals surface area contributed by atoms with E-state index >= 15 is 0 Å². The van der Waals surface area contributed by atoms with Crippen LogP contribution in [0, 0.1) is 0 Å². The van der Waals surface area contributed by atoms with Crippen LogP contribution in [0.1, 0.15) is 155 Å². The summed E-state index contributed by atoms with van der Waals surface area (Å²) in [5, 5.41) is 71.9. The third-order valence-corrected chi connectivity index (χ3v) is 11.7. The first-order valence-corrected chi connectivity index (χ1v) is 25.5. The quantitative estimate of drug-likeness (QED) is 0.0181. The molecular weight excluding hydrogens is 861 g/mol. The molecule has 0 amide bonds. The average molecular weight is 951 g/mol. The summed E-state index contributed by atoms with van der Waals surface area (Å²) >= 11 is 0. The van der Waals surface area contributed by atoms with Crippen molar-refractivity contribution in [3.63, 3.8) is 0 Å². The van der Waals surface area contributed by atoms with Crippen LogP contribution >= 0.6 is 0 Å². The first-order valence-electron chi connectivity index (χ1n) is 25.5. The van der Waals surface area contributed by atoms with E-state index in [0.29, 0.717) is 13.0 Å². The van der Waals surface area contributed by atoms with Gasteiger partial charge in [0.15, 0.2) is 12.6 Å². The fourth-order valence-electron chi connectivity index (χ4n) is 7.58. The largest absolute Gasteiger partial charge is 0.457 e. The zero-order chi connectivity index (χ0) is 48.7. The predicted molar refractivity (Wildman–Crippen MR) is 261 cm³/mol. The van der Waals surface area contributed by atoms with E-state index in [1.54, 1.807) is 0 Å². The summed E-state index contributed by atoms with van der Waals surface area (Å²) in [7, 11) is 0. The lowest BCUT2D eigenvalue weighted by molar-refractivity contribution is -0.332. The molecule has 14 heteroatoms. The van der Waals surface area contributed by atoms with Crippen LogP contribution in [0.4, 0.5) is 0 Å². The van der Waals surface area contributed by atoms with Gasteiger partial charge in [-0.25, -0.2) is 0 Å². The van der Waals surface area contributed by atoms with Crippen molar-refractivity contribution in [2.24, 2.45) is 0 Å². The molecule has 2 aliphatic rings. The SMILES string of the molecule is CC/C=C\C/C=C\C/C=C\C/C=C\C/C=C\C/C=C\CCCCCCCCCOCC(COC1OC(COC2OC(CO)C(O)C(O)C2O)C(O)C(O)C1O)OC(=O)CCCCCCCCC. The molecule has 0 aromatic rings. The Morgan fingerprint density at radius 3 is 1.52 bits per heavy atom. The average Bonchev–Trinajstić information content (AvgIpc) is 3.32. The second-order valence-corrected chi connectivity index (χ2v) is 17.6. The Labute approximate surface area is 402 Å². The number of rotatable bonds is 39. The highest BCUT2D eigenvalue weighted by molar-refractivity contribution is 5.69. The van der Waals surface area contributed by atoms with E-state index in [0.717, 1.165) is 89.9 Å². The van der Waals surface area contributed by atoms with Gasteiger partial charge in [0.25, 0.3) is 0 Å². The van der Waals surface area contributed by atoms with Crippen molar-refractivity contribution in [2.45, 2.75) is 223 Å². The van der Waals surface area contributed by atoms with Crippen LogP contribution in [0.5, 0.6) is 0 Å². The number of aliphatic hydroxyl groups excluding tert-OH is 7. The van der Waals surface area contributed by atoms with Crippen LogP contribution in [0.15, 0.2) is 72.9 Å². The summed E-state index contributed by atoms with van der Waals surface area (Å²) in [5.41, 5.74) is 0. The lowest BCUT2D eigenvalue weighted by Crippen LogP contribution is -2.61. The molecule has 386 valence electrons. The smallest absolute Gasteiger partial charge is 0.306 e. The topological polar surface area (TPSA) is 214 Å². The molecule has 0 aromatic heterocycles. The van der Waals surface area contributed by atoms with E-state index in [2.05, 4.69) is 86.8 Å². The zero-order valence-electron chi connectivity index (χ0n) is 40.9. The van der Waals surface area contributed by atoms with Gasteiger partial charge >= 0.3 is 5.97 Å². The number of allylic oxidation sites excluding steroid dienone is 12. The van der Waals surface area contributed by atoms with E-state index in [-0.39, 0.29) is 19.6 Å². The maximum Gasteiger partial charge on any atom is 0.306 e. The number of esters is 1. The molecule has 0 saturated carbocycles. The van der Waals surface area contributed by atoms with Crippen molar-refractivity contribution in [3.05, 3.63) is 72.9 Å². The monoisotopic (exact) mass is 951 g/mol. The first-order chi connectivity index (χ1) is 32.6. The van der Waals surface area contributed by atoms with Gasteiger partial charge in [0.2, 0.25) is 0 Å². The predicted octanol–water partition coefficient (Wildman–Crippen LogP) is 7.51. The molecule has 0 aromatic carbocycles. The molecule has 0 spiro atoms. The lowest BCUT2D eigenvalue weighted by Gasteiger charge is -2.42. The van der Waals surface area contributed by atoms with E-state index in [9.17, 15) is 40.5 Å². The maximum atomic E-state index is 12.9. The Morgan fingerprint density at radius 1 is 0.507 bits per heavy atom. The van der Waals surface area contributed by atoms with Crippen LogP contribution in [-0.4, -0.2) is 142 Å². The molecule has 67 heavy (non-hydrogen) atoms.